The molecular weight excluding hydrogens is 251 g/mol. The van der Waals surface area contributed by atoms with Crippen LogP contribution in [-0.2, 0) is 19.5 Å². The fourth-order valence-corrected chi connectivity index (χ4v) is 2.85. The minimum absolute atomic E-state index is 0.208. The minimum Gasteiger partial charge on any atom is -0.367 e. The first-order valence-corrected chi connectivity index (χ1v) is 7.07. The summed E-state index contributed by atoms with van der Waals surface area (Å²) in [6, 6.07) is 13.6. The number of anilines is 1. The highest BCUT2D eigenvalue weighted by Crippen LogP contribution is 2.25. The smallest absolute Gasteiger partial charge is 0.125 e. The summed E-state index contributed by atoms with van der Waals surface area (Å²) in [4.78, 5) is 2.24. The number of nitrogens with zero attached hydrogens (tertiary/aromatic N) is 1. The molecular formula is C17H19FN2. The third-order valence-electron chi connectivity index (χ3n) is 3.90. The molecule has 3 heteroatoms. The fourth-order valence-electron chi connectivity index (χ4n) is 2.85. The predicted molar refractivity (Wildman–Crippen MR) is 80.1 cm³/mol. The van der Waals surface area contributed by atoms with Crippen molar-refractivity contribution in [3.63, 3.8) is 0 Å². The van der Waals surface area contributed by atoms with Crippen molar-refractivity contribution in [1.29, 1.82) is 0 Å². The van der Waals surface area contributed by atoms with E-state index in [-0.39, 0.29) is 5.82 Å². The van der Waals surface area contributed by atoms with Gasteiger partial charge in [-0.3, -0.25) is 0 Å². The van der Waals surface area contributed by atoms with Crippen molar-refractivity contribution in [2.75, 3.05) is 11.4 Å². The van der Waals surface area contributed by atoms with Gasteiger partial charge >= 0.3 is 0 Å². The van der Waals surface area contributed by atoms with E-state index in [0.29, 0.717) is 6.54 Å². The van der Waals surface area contributed by atoms with E-state index >= 15 is 0 Å². The molecule has 0 aliphatic carbocycles. The maximum atomic E-state index is 13.7. The summed E-state index contributed by atoms with van der Waals surface area (Å²) >= 11 is 0. The Kier molecular flexibility index (Phi) is 3.70. The Labute approximate surface area is 119 Å². The van der Waals surface area contributed by atoms with E-state index in [0.717, 1.165) is 37.2 Å². The summed E-state index contributed by atoms with van der Waals surface area (Å²) in [6.07, 6.45) is 2.18. The predicted octanol–water partition coefficient (Wildman–Crippen LogP) is 3.24. The monoisotopic (exact) mass is 270 g/mol. The van der Waals surface area contributed by atoms with Gasteiger partial charge in [-0.15, -0.1) is 0 Å². The molecule has 0 amide bonds. The number of benzene rings is 2. The molecule has 2 aromatic rings. The molecule has 0 aromatic heterocycles. The zero-order valence-corrected chi connectivity index (χ0v) is 11.5. The number of rotatable bonds is 2. The van der Waals surface area contributed by atoms with Crippen molar-refractivity contribution < 1.29 is 4.39 Å². The standard InChI is InChI=1S/C17H19FN2/c18-16-8-13(11-19)9-17(10-16)20-7-3-6-14-4-1-2-5-15(14)12-20/h1-2,4-5,8-10H,3,6-7,11-12,19H2. The lowest BCUT2D eigenvalue weighted by Crippen LogP contribution is -2.22. The van der Waals surface area contributed by atoms with Crippen LogP contribution in [0.4, 0.5) is 10.1 Å². The van der Waals surface area contributed by atoms with Crippen LogP contribution in [0.2, 0.25) is 0 Å². The summed E-state index contributed by atoms with van der Waals surface area (Å²) in [5.41, 5.74) is 10.2. The van der Waals surface area contributed by atoms with Crippen LogP contribution in [0, 0.1) is 5.82 Å². The van der Waals surface area contributed by atoms with Crippen LogP contribution in [0.1, 0.15) is 23.1 Å². The normalized spacial score (nSPS) is 14.8. The van der Waals surface area contributed by atoms with Crippen LogP contribution in [0.15, 0.2) is 42.5 Å². The topological polar surface area (TPSA) is 29.3 Å². The van der Waals surface area contributed by atoms with E-state index in [1.165, 1.54) is 17.2 Å². The Morgan fingerprint density at radius 2 is 1.90 bits per heavy atom. The van der Waals surface area contributed by atoms with Crippen molar-refractivity contribution in [2.45, 2.75) is 25.9 Å². The lowest BCUT2D eigenvalue weighted by molar-refractivity contribution is 0.623. The third kappa shape index (κ3) is 2.68. The molecule has 0 saturated heterocycles. The minimum atomic E-state index is -0.208. The molecule has 104 valence electrons. The highest BCUT2D eigenvalue weighted by atomic mass is 19.1. The van der Waals surface area contributed by atoms with Crippen LogP contribution < -0.4 is 10.6 Å². The summed E-state index contributed by atoms with van der Waals surface area (Å²) in [7, 11) is 0. The molecule has 0 spiro atoms. The molecule has 20 heavy (non-hydrogen) atoms. The lowest BCUT2D eigenvalue weighted by Gasteiger charge is -2.24. The van der Waals surface area contributed by atoms with Crippen LogP contribution in [-0.4, -0.2) is 6.54 Å². The molecule has 0 atom stereocenters. The quantitative estimate of drug-likeness (QED) is 0.907. The first-order valence-electron chi connectivity index (χ1n) is 7.07. The Bertz CT molecular complexity index is 610. The maximum absolute atomic E-state index is 13.7. The number of halogens is 1. The number of hydrogen-bond acceptors (Lipinski definition) is 2. The number of fused-ring (bicyclic) bond motifs is 1. The molecule has 1 aliphatic rings. The van der Waals surface area contributed by atoms with Gasteiger partial charge in [0.05, 0.1) is 0 Å². The van der Waals surface area contributed by atoms with Crippen LogP contribution in [0.3, 0.4) is 0 Å². The fraction of sp³-hybridized carbons (Fsp3) is 0.294. The van der Waals surface area contributed by atoms with Gasteiger partial charge in [0.15, 0.2) is 0 Å². The second-order valence-electron chi connectivity index (χ2n) is 5.32. The lowest BCUT2D eigenvalue weighted by atomic mass is 10.0. The Balaban J connectivity index is 1.93. The molecule has 1 aliphatic heterocycles. The van der Waals surface area contributed by atoms with Gasteiger partial charge in [-0.1, -0.05) is 24.3 Å². The maximum Gasteiger partial charge on any atom is 0.125 e. The van der Waals surface area contributed by atoms with E-state index in [9.17, 15) is 4.39 Å². The van der Waals surface area contributed by atoms with E-state index < -0.39 is 0 Å². The van der Waals surface area contributed by atoms with Crippen molar-refractivity contribution in [3.8, 4) is 0 Å². The summed E-state index contributed by atoms with van der Waals surface area (Å²) < 4.78 is 13.7. The van der Waals surface area contributed by atoms with Crippen molar-refractivity contribution in [3.05, 3.63) is 65.0 Å². The Morgan fingerprint density at radius 1 is 1.10 bits per heavy atom. The van der Waals surface area contributed by atoms with Crippen molar-refractivity contribution >= 4 is 5.69 Å². The first-order chi connectivity index (χ1) is 9.76. The summed E-state index contributed by atoms with van der Waals surface area (Å²) in [6.45, 7) is 2.15. The van der Waals surface area contributed by atoms with Gasteiger partial charge in [0.2, 0.25) is 0 Å². The van der Waals surface area contributed by atoms with E-state index in [4.69, 9.17) is 5.73 Å². The van der Waals surface area contributed by atoms with Gasteiger partial charge in [0, 0.05) is 25.3 Å². The largest absolute Gasteiger partial charge is 0.367 e. The zero-order chi connectivity index (χ0) is 13.9. The second-order valence-corrected chi connectivity index (χ2v) is 5.32. The van der Waals surface area contributed by atoms with E-state index in [1.807, 2.05) is 6.07 Å². The molecule has 2 N–H and O–H groups in total. The first kappa shape index (κ1) is 13.1. The number of nitrogens with two attached hydrogens (primary N) is 1. The molecule has 0 saturated carbocycles. The van der Waals surface area contributed by atoms with E-state index in [2.05, 4.69) is 29.2 Å². The Hall–Kier alpha value is -1.87. The molecule has 0 fully saturated rings. The highest BCUT2D eigenvalue weighted by Gasteiger charge is 2.15. The highest BCUT2D eigenvalue weighted by molar-refractivity contribution is 5.50. The third-order valence-corrected chi connectivity index (χ3v) is 3.90. The molecule has 3 rings (SSSR count). The van der Waals surface area contributed by atoms with Gasteiger partial charge in [-0.25, -0.2) is 4.39 Å². The molecule has 0 radical (unpaired) electrons. The molecule has 0 bridgehead atoms. The molecule has 0 unspecified atom stereocenters. The van der Waals surface area contributed by atoms with E-state index in [1.54, 1.807) is 6.07 Å². The zero-order valence-electron chi connectivity index (χ0n) is 11.5. The van der Waals surface area contributed by atoms with Gasteiger partial charge in [-0.05, 0) is 47.7 Å². The van der Waals surface area contributed by atoms with Gasteiger partial charge in [0.25, 0.3) is 0 Å². The van der Waals surface area contributed by atoms with Gasteiger partial charge in [-0.2, -0.15) is 0 Å². The van der Waals surface area contributed by atoms with Crippen LogP contribution in [0.25, 0.3) is 0 Å². The number of hydrogen-bond donors (Lipinski definition) is 1. The van der Waals surface area contributed by atoms with Gasteiger partial charge < -0.3 is 10.6 Å². The van der Waals surface area contributed by atoms with Crippen LogP contribution >= 0.6 is 0 Å². The summed E-state index contributed by atoms with van der Waals surface area (Å²) in [5.74, 6) is -0.208. The summed E-state index contributed by atoms with van der Waals surface area (Å²) in [5, 5.41) is 0. The average Bonchev–Trinajstić information content (AvgIpc) is 2.68. The van der Waals surface area contributed by atoms with Gasteiger partial charge in [0.1, 0.15) is 5.82 Å². The average molecular weight is 270 g/mol. The van der Waals surface area contributed by atoms with Crippen LogP contribution in [0.5, 0.6) is 0 Å². The molecule has 2 aromatic carbocycles. The molecule has 1 heterocycles. The number of aryl methyl sites for hydroxylation is 1. The SMILES string of the molecule is NCc1cc(F)cc(N2CCCc3ccccc3C2)c1. The second kappa shape index (κ2) is 5.63. The van der Waals surface area contributed by atoms with Crippen molar-refractivity contribution in [1.82, 2.24) is 0 Å². The Morgan fingerprint density at radius 3 is 2.70 bits per heavy atom. The van der Waals surface area contributed by atoms with Crippen molar-refractivity contribution in [2.24, 2.45) is 5.73 Å². The molecule has 2 nitrogen and oxygen atoms in total.